The lowest BCUT2D eigenvalue weighted by Gasteiger charge is -2.19. The maximum absolute atomic E-state index is 13.4. The van der Waals surface area contributed by atoms with Crippen LogP contribution < -0.4 is 5.46 Å². The Labute approximate surface area is 119 Å². The summed E-state index contributed by atoms with van der Waals surface area (Å²) in [4.78, 5) is 12.1. The van der Waals surface area contributed by atoms with E-state index in [9.17, 15) is 23.6 Å². The fraction of sp³-hybridized carbons (Fsp3) is 0.308. The van der Waals surface area contributed by atoms with Crippen molar-refractivity contribution in [2.24, 2.45) is 0 Å². The molecule has 1 aromatic heterocycles. The van der Waals surface area contributed by atoms with Gasteiger partial charge in [-0.05, 0) is 26.8 Å². The quantitative estimate of drug-likeness (QED) is 0.780. The molecule has 0 saturated carbocycles. The summed E-state index contributed by atoms with van der Waals surface area (Å²) in [6.07, 6.45) is 0.257. The summed E-state index contributed by atoms with van der Waals surface area (Å²) < 4.78 is 32.7. The molecule has 0 saturated heterocycles. The second kappa shape index (κ2) is 5.12. The van der Waals surface area contributed by atoms with Gasteiger partial charge in [0.1, 0.15) is 5.60 Å². The monoisotopic (exact) mass is 297 g/mol. The predicted molar refractivity (Wildman–Crippen MR) is 73.3 cm³/mol. The summed E-state index contributed by atoms with van der Waals surface area (Å²) in [7, 11) is -1.93. The first kappa shape index (κ1) is 15.5. The van der Waals surface area contributed by atoms with Gasteiger partial charge in [-0.25, -0.2) is 13.6 Å². The molecule has 0 spiro atoms. The average Bonchev–Trinajstić information content (AvgIpc) is 2.66. The minimum atomic E-state index is -1.93. The molecule has 21 heavy (non-hydrogen) atoms. The van der Waals surface area contributed by atoms with Crippen LogP contribution in [0.5, 0.6) is 0 Å². The van der Waals surface area contributed by atoms with Crippen LogP contribution in [-0.2, 0) is 4.74 Å². The highest BCUT2D eigenvalue weighted by Crippen LogP contribution is 2.20. The van der Waals surface area contributed by atoms with E-state index >= 15 is 0 Å². The lowest BCUT2D eigenvalue weighted by Crippen LogP contribution is -2.30. The first-order chi connectivity index (χ1) is 9.60. The van der Waals surface area contributed by atoms with Crippen LogP contribution in [0.4, 0.5) is 13.6 Å². The van der Waals surface area contributed by atoms with E-state index in [0.29, 0.717) is 0 Å². The Morgan fingerprint density at radius 3 is 2.33 bits per heavy atom. The van der Waals surface area contributed by atoms with E-state index in [0.717, 1.165) is 22.9 Å². The van der Waals surface area contributed by atoms with Crippen LogP contribution >= 0.6 is 0 Å². The van der Waals surface area contributed by atoms with Crippen molar-refractivity contribution in [3.05, 3.63) is 30.0 Å². The minimum absolute atomic E-state index is 0.00810. The standard InChI is InChI=1S/C13H14BF2NO4/c1-13(2,3)21-12(18)17-6-8(14(19)20)7-4-9(15)10(16)5-11(7)17/h4-6,19-20H,1-3H3. The summed E-state index contributed by atoms with van der Waals surface area (Å²) in [5, 5.41) is 18.6. The van der Waals surface area contributed by atoms with Gasteiger partial charge in [0.05, 0.1) is 5.52 Å². The second-order valence-electron chi connectivity index (χ2n) is 5.59. The molecule has 0 unspecified atom stereocenters. The molecule has 112 valence electrons. The van der Waals surface area contributed by atoms with E-state index < -0.39 is 30.4 Å². The number of nitrogens with zero attached hydrogens (tertiary/aromatic N) is 1. The van der Waals surface area contributed by atoms with Crippen LogP contribution in [0.15, 0.2) is 18.3 Å². The molecule has 1 aromatic carbocycles. The summed E-state index contributed by atoms with van der Waals surface area (Å²) in [5.74, 6) is -2.30. The largest absolute Gasteiger partial charge is 0.490 e. The number of carbonyl (C=O) groups is 1. The molecule has 2 aromatic rings. The van der Waals surface area contributed by atoms with Gasteiger partial charge in [-0.2, -0.15) is 0 Å². The van der Waals surface area contributed by atoms with Crippen LogP contribution in [0.1, 0.15) is 20.8 Å². The predicted octanol–water partition coefficient (Wildman–Crippen LogP) is 1.38. The van der Waals surface area contributed by atoms with Crippen LogP contribution in [0, 0.1) is 11.6 Å². The molecule has 0 radical (unpaired) electrons. The molecule has 8 heteroatoms. The highest BCUT2D eigenvalue weighted by Gasteiger charge is 2.25. The molecule has 2 rings (SSSR count). The molecule has 0 atom stereocenters. The van der Waals surface area contributed by atoms with Gasteiger partial charge in [0.2, 0.25) is 0 Å². The summed E-state index contributed by atoms with van der Waals surface area (Å²) >= 11 is 0. The number of aromatic nitrogens is 1. The van der Waals surface area contributed by atoms with E-state index in [1.165, 1.54) is 0 Å². The molecule has 1 heterocycles. The molecule has 0 aliphatic heterocycles. The molecule has 0 amide bonds. The average molecular weight is 297 g/mol. The lowest BCUT2D eigenvalue weighted by molar-refractivity contribution is 0.0544. The summed E-state index contributed by atoms with van der Waals surface area (Å²) in [5.41, 5.74) is -0.912. The van der Waals surface area contributed by atoms with Crippen LogP contribution in [0.2, 0.25) is 0 Å². The van der Waals surface area contributed by atoms with Crippen molar-refractivity contribution in [2.45, 2.75) is 26.4 Å². The van der Waals surface area contributed by atoms with E-state index in [1.54, 1.807) is 20.8 Å². The number of hydrogen-bond donors (Lipinski definition) is 2. The van der Waals surface area contributed by atoms with Crippen molar-refractivity contribution >= 4 is 29.6 Å². The third-order valence-corrected chi connectivity index (χ3v) is 2.75. The minimum Gasteiger partial charge on any atom is -0.443 e. The number of carbonyl (C=O) groups excluding carboxylic acids is 1. The van der Waals surface area contributed by atoms with Gasteiger partial charge in [0.25, 0.3) is 0 Å². The van der Waals surface area contributed by atoms with Crippen LogP contribution in [0.3, 0.4) is 0 Å². The molecular formula is C13H14BF2NO4. The van der Waals surface area contributed by atoms with Gasteiger partial charge < -0.3 is 14.8 Å². The van der Waals surface area contributed by atoms with E-state index in [1.807, 2.05) is 0 Å². The van der Waals surface area contributed by atoms with Gasteiger partial charge in [0, 0.05) is 23.1 Å². The fourth-order valence-corrected chi connectivity index (χ4v) is 1.91. The SMILES string of the molecule is CC(C)(C)OC(=O)n1cc(B(O)O)c2cc(F)c(F)cc21. The maximum Gasteiger partial charge on any atom is 0.490 e. The Balaban J connectivity index is 2.64. The van der Waals surface area contributed by atoms with Crippen LogP contribution in [-0.4, -0.2) is 33.4 Å². The van der Waals surface area contributed by atoms with Crippen molar-refractivity contribution in [1.82, 2.24) is 4.57 Å². The number of rotatable bonds is 1. The normalized spacial score (nSPS) is 11.8. The van der Waals surface area contributed by atoms with Crippen molar-refractivity contribution < 1.29 is 28.4 Å². The Morgan fingerprint density at radius 2 is 1.81 bits per heavy atom. The first-order valence-corrected chi connectivity index (χ1v) is 6.19. The zero-order valence-electron chi connectivity index (χ0n) is 11.7. The van der Waals surface area contributed by atoms with E-state index in [4.69, 9.17) is 4.74 Å². The Bertz CT molecular complexity index is 706. The number of hydrogen-bond acceptors (Lipinski definition) is 4. The van der Waals surface area contributed by atoms with Crippen molar-refractivity contribution in [3.8, 4) is 0 Å². The van der Waals surface area contributed by atoms with Crippen molar-refractivity contribution in [2.75, 3.05) is 0 Å². The third-order valence-electron chi connectivity index (χ3n) is 2.75. The molecule has 0 aliphatic rings. The zero-order valence-corrected chi connectivity index (χ0v) is 11.7. The van der Waals surface area contributed by atoms with Crippen LogP contribution in [0.25, 0.3) is 10.9 Å². The molecular weight excluding hydrogens is 283 g/mol. The zero-order chi connectivity index (χ0) is 15.9. The highest BCUT2D eigenvalue weighted by atomic mass is 19.2. The van der Waals surface area contributed by atoms with E-state index in [-0.39, 0.29) is 16.4 Å². The number of halogens is 2. The number of benzene rings is 1. The van der Waals surface area contributed by atoms with Gasteiger partial charge in [-0.1, -0.05) is 0 Å². The molecule has 0 aliphatic carbocycles. The first-order valence-electron chi connectivity index (χ1n) is 6.19. The van der Waals surface area contributed by atoms with Gasteiger partial charge >= 0.3 is 13.2 Å². The third kappa shape index (κ3) is 3.06. The Hall–Kier alpha value is -1.93. The van der Waals surface area contributed by atoms with E-state index in [2.05, 4.69) is 0 Å². The number of fused-ring (bicyclic) bond motifs is 1. The van der Waals surface area contributed by atoms with Gasteiger partial charge in [0.15, 0.2) is 11.6 Å². The number of ether oxygens (including phenoxy) is 1. The second-order valence-corrected chi connectivity index (χ2v) is 5.59. The fourth-order valence-electron chi connectivity index (χ4n) is 1.91. The topological polar surface area (TPSA) is 71.7 Å². The Kier molecular flexibility index (Phi) is 3.77. The lowest BCUT2D eigenvalue weighted by atomic mass is 9.80. The molecule has 0 bridgehead atoms. The summed E-state index contributed by atoms with van der Waals surface area (Å²) in [6.45, 7) is 4.95. The Morgan fingerprint density at radius 1 is 1.24 bits per heavy atom. The molecule has 0 fully saturated rings. The van der Waals surface area contributed by atoms with Crippen molar-refractivity contribution in [1.29, 1.82) is 0 Å². The summed E-state index contributed by atoms with van der Waals surface area (Å²) in [6, 6.07) is 1.61. The van der Waals surface area contributed by atoms with Gasteiger partial charge in [-0.15, -0.1) is 0 Å². The van der Waals surface area contributed by atoms with Gasteiger partial charge in [-0.3, -0.25) is 4.57 Å². The maximum atomic E-state index is 13.4. The molecule has 5 nitrogen and oxygen atoms in total. The van der Waals surface area contributed by atoms with Crippen molar-refractivity contribution in [3.63, 3.8) is 0 Å². The molecule has 2 N–H and O–H groups in total. The smallest absolute Gasteiger partial charge is 0.443 e. The highest BCUT2D eigenvalue weighted by molar-refractivity contribution is 6.62.